The fourth-order valence-electron chi connectivity index (χ4n) is 6.62. The van der Waals surface area contributed by atoms with Crippen LogP contribution in [0.4, 0.5) is 5.69 Å². The molecule has 2 heterocycles. The zero-order valence-corrected chi connectivity index (χ0v) is 25.8. The standard InChI is InChI=1S/C35H37N3O5S/c1-3-43-28-21-25(14-11-22(28)13-16-30(39)40)36-34(42)35(17-7-18-35)37-33(41)24-12-15-26-27(20-24)38(2)32(29-10-6-19-44-29)31(26)23-8-4-5-9-23/h6,10-16,19-21,23H,3-5,7-9,17-18H2,1-2H3,(H,36,42)(H,37,41)(H,39,40)/b16-13+. The van der Waals surface area contributed by atoms with Crippen LogP contribution in [0.3, 0.4) is 0 Å². The molecule has 0 saturated heterocycles. The highest BCUT2D eigenvalue weighted by molar-refractivity contribution is 7.13. The van der Waals surface area contributed by atoms with Crippen LogP contribution in [0.1, 0.15) is 79.3 Å². The van der Waals surface area contributed by atoms with E-state index in [0.29, 0.717) is 47.9 Å². The molecule has 3 N–H and O–H groups in total. The SMILES string of the molecule is CCOc1cc(NC(=O)C2(NC(=O)c3ccc4c(C5CCCC5)c(-c5cccs5)n(C)c4c3)CCC2)ccc1/C=C/C(=O)O. The van der Waals surface area contributed by atoms with Gasteiger partial charge in [0.15, 0.2) is 0 Å². The maximum atomic E-state index is 13.7. The zero-order chi connectivity index (χ0) is 30.8. The fourth-order valence-corrected chi connectivity index (χ4v) is 7.44. The predicted molar refractivity (Wildman–Crippen MR) is 174 cm³/mol. The van der Waals surface area contributed by atoms with Crippen molar-refractivity contribution in [2.75, 3.05) is 11.9 Å². The molecule has 8 nitrogen and oxygen atoms in total. The van der Waals surface area contributed by atoms with E-state index in [1.54, 1.807) is 29.5 Å². The Morgan fingerprint density at radius 2 is 1.89 bits per heavy atom. The van der Waals surface area contributed by atoms with Crippen molar-refractivity contribution in [1.82, 2.24) is 9.88 Å². The molecule has 2 saturated carbocycles. The molecule has 2 aliphatic rings. The number of benzene rings is 2. The second kappa shape index (κ2) is 12.3. The number of nitrogens with zero attached hydrogens (tertiary/aromatic N) is 1. The highest BCUT2D eigenvalue weighted by atomic mass is 32.1. The molecular formula is C35H37N3O5S. The molecule has 0 unspecified atom stereocenters. The number of aromatic nitrogens is 1. The van der Waals surface area contributed by atoms with E-state index in [2.05, 4.69) is 45.8 Å². The van der Waals surface area contributed by atoms with Gasteiger partial charge in [-0.15, -0.1) is 11.3 Å². The number of aliphatic carboxylic acids is 1. The lowest BCUT2D eigenvalue weighted by molar-refractivity contribution is -0.131. The number of nitrogens with one attached hydrogen (secondary N) is 2. The first-order valence-electron chi connectivity index (χ1n) is 15.3. The van der Waals surface area contributed by atoms with Crippen molar-refractivity contribution in [3.63, 3.8) is 0 Å². The first-order chi connectivity index (χ1) is 21.3. The highest BCUT2D eigenvalue weighted by Crippen LogP contribution is 2.45. The van der Waals surface area contributed by atoms with Gasteiger partial charge in [-0.3, -0.25) is 9.59 Å². The molecule has 2 aliphatic carbocycles. The number of thiophene rings is 1. The first-order valence-corrected chi connectivity index (χ1v) is 16.2. The number of rotatable bonds is 10. The monoisotopic (exact) mass is 611 g/mol. The third-order valence-electron chi connectivity index (χ3n) is 8.99. The zero-order valence-electron chi connectivity index (χ0n) is 25.0. The number of carbonyl (C=O) groups is 3. The number of carboxylic acids is 1. The maximum Gasteiger partial charge on any atom is 0.328 e. The van der Waals surface area contributed by atoms with Gasteiger partial charge in [-0.05, 0) is 92.3 Å². The lowest BCUT2D eigenvalue weighted by Crippen LogP contribution is -2.61. The lowest BCUT2D eigenvalue weighted by Gasteiger charge is -2.40. The molecule has 4 aromatic rings. The molecule has 2 aromatic carbocycles. The Balaban J connectivity index is 1.25. The molecular weight excluding hydrogens is 574 g/mol. The fraction of sp³-hybridized carbons (Fsp3) is 0.343. The van der Waals surface area contributed by atoms with Gasteiger partial charge in [0.05, 0.1) is 17.2 Å². The van der Waals surface area contributed by atoms with Crippen molar-refractivity contribution < 1.29 is 24.2 Å². The lowest BCUT2D eigenvalue weighted by atomic mass is 9.75. The van der Waals surface area contributed by atoms with E-state index in [9.17, 15) is 14.4 Å². The van der Waals surface area contributed by atoms with Crippen LogP contribution in [0, 0.1) is 0 Å². The molecule has 2 amide bonds. The van der Waals surface area contributed by atoms with Crippen LogP contribution < -0.4 is 15.4 Å². The van der Waals surface area contributed by atoms with Crippen LogP contribution >= 0.6 is 11.3 Å². The van der Waals surface area contributed by atoms with Gasteiger partial charge < -0.3 is 25.0 Å². The molecule has 0 bridgehead atoms. The van der Waals surface area contributed by atoms with E-state index in [4.69, 9.17) is 9.84 Å². The topological polar surface area (TPSA) is 110 Å². The van der Waals surface area contributed by atoms with E-state index in [1.807, 2.05) is 19.1 Å². The number of hydrogen-bond donors (Lipinski definition) is 3. The number of carboxylic acid groups (broad SMARTS) is 1. The van der Waals surface area contributed by atoms with Gasteiger partial charge in [0.1, 0.15) is 11.3 Å². The Morgan fingerprint density at radius 3 is 2.55 bits per heavy atom. The average Bonchev–Trinajstić information content (AvgIpc) is 3.76. The number of carbonyl (C=O) groups excluding carboxylic acids is 2. The second-order valence-electron chi connectivity index (χ2n) is 11.7. The molecule has 44 heavy (non-hydrogen) atoms. The van der Waals surface area contributed by atoms with Crippen LogP contribution in [0.25, 0.3) is 27.6 Å². The first kappa shape index (κ1) is 29.7. The number of ether oxygens (including phenoxy) is 1. The van der Waals surface area contributed by atoms with Crippen LogP contribution in [0.15, 0.2) is 60.0 Å². The van der Waals surface area contributed by atoms with Gasteiger partial charge in [-0.2, -0.15) is 0 Å². The predicted octanol–water partition coefficient (Wildman–Crippen LogP) is 7.35. The maximum absolute atomic E-state index is 13.7. The number of aryl methyl sites for hydroxylation is 1. The Bertz CT molecular complexity index is 1740. The molecule has 6 rings (SSSR count). The summed E-state index contributed by atoms with van der Waals surface area (Å²) in [6.07, 6.45) is 9.28. The van der Waals surface area contributed by atoms with Crippen molar-refractivity contribution in [3.05, 3.63) is 76.7 Å². The van der Waals surface area contributed by atoms with Crippen molar-refractivity contribution >= 4 is 51.8 Å². The Labute approximate surface area is 260 Å². The molecule has 2 fully saturated rings. The van der Waals surface area contributed by atoms with Gasteiger partial charge in [0.25, 0.3) is 5.91 Å². The third-order valence-corrected chi connectivity index (χ3v) is 9.87. The van der Waals surface area contributed by atoms with Gasteiger partial charge >= 0.3 is 5.97 Å². The normalized spacial score (nSPS) is 16.2. The van der Waals surface area contributed by atoms with E-state index >= 15 is 0 Å². The highest BCUT2D eigenvalue weighted by Gasteiger charge is 2.45. The Morgan fingerprint density at radius 1 is 1.09 bits per heavy atom. The molecule has 0 spiro atoms. The second-order valence-corrected chi connectivity index (χ2v) is 12.7. The molecule has 9 heteroatoms. The van der Waals surface area contributed by atoms with E-state index < -0.39 is 11.5 Å². The molecule has 0 atom stereocenters. The van der Waals surface area contributed by atoms with E-state index in [1.165, 1.54) is 53.3 Å². The minimum absolute atomic E-state index is 0.271. The van der Waals surface area contributed by atoms with Gasteiger partial charge in [0, 0.05) is 46.9 Å². The minimum atomic E-state index is -1.06. The van der Waals surface area contributed by atoms with E-state index in [-0.39, 0.29) is 11.8 Å². The number of anilines is 1. The molecule has 0 aliphatic heterocycles. The van der Waals surface area contributed by atoms with Crippen molar-refractivity contribution in [2.24, 2.45) is 7.05 Å². The van der Waals surface area contributed by atoms with Crippen LogP contribution in [-0.2, 0) is 16.6 Å². The molecule has 0 radical (unpaired) electrons. The Hall–Kier alpha value is -4.37. The van der Waals surface area contributed by atoms with Gasteiger partial charge in [-0.25, -0.2) is 4.79 Å². The average molecular weight is 612 g/mol. The van der Waals surface area contributed by atoms with Crippen molar-refractivity contribution in [1.29, 1.82) is 0 Å². The minimum Gasteiger partial charge on any atom is -0.493 e. The van der Waals surface area contributed by atoms with Crippen LogP contribution in [0.2, 0.25) is 0 Å². The van der Waals surface area contributed by atoms with Gasteiger partial charge in [-0.1, -0.05) is 25.0 Å². The summed E-state index contributed by atoms with van der Waals surface area (Å²) in [6, 6.07) is 15.3. The molecule has 228 valence electrons. The summed E-state index contributed by atoms with van der Waals surface area (Å²) in [7, 11) is 2.08. The quantitative estimate of drug-likeness (QED) is 0.162. The Kier molecular flexibility index (Phi) is 8.31. The number of hydrogen-bond acceptors (Lipinski definition) is 5. The number of amides is 2. The molecule has 2 aromatic heterocycles. The third kappa shape index (κ3) is 5.64. The van der Waals surface area contributed by atoms with Crippen LogP contribution in [0.5, 0.6) is 5.75 Å². The smallest absolute Gasteiger partial charge is 0.328 e. The largest absolute Gasteiger partial charge is 0.493 e. The summed E-state index contributed by atoms with van der Waals surface area (Å²) in [5.41, 5.74) is 4.28. The number of fused-ring (bicyclic) bond motifs is 1. The summed E-state index contributed by atoms with van der Waals surface area (Å²) >= 11 is 1.74. The summed E-state index contributed by atoms with van der Waals surface area (Å²) in [5, 5.41) is 18.3. The van der Waals surface area contributed by atoms with Gasteiger partial charge in [0.2, 0.25) is 5.91 Å². The summed E-state index contributed by atoms with van der Waals surface area (Å²) in [6.45, 7) is 2.22. The van der Waals surface area contributed by atoms with E-state index in [0.717, 1.165) is 18.0 Å². The van der Waals surface area contributed by atoms with Crippen LogP contribution in [-0.4, -0.2) is 39.6 Å². The summed E-state index contributed by atoms with van der Waals surface area (Å²) < 4.78 is 7.91. The van der Waals surface area contributed by atoms with Crippen molar-refractivity contribution in [3.8, 4) is 16.3 Å². The summed E-state index contributed by atoms with van der Waals surface area (Å²) in [4.78, 5) is 39.5. The summed E-state index contributed by atoms with van der Waals surface area (Å²) in [5.74, 6) is -0.632. The van der Waals surface area contributed by atoms with Crippen molar-refractivity contribution in [2.45, 2.75) is 63.3 Å².